The highest BCUT2D eigenvalue weighted by atomic mass is 32.2. The van der Waals surface area contributed by atoms with Crippen molar-refractivity contribution in [3.05, 3.63) is 0 Å². The molecule has 0 aromatic heterocycles. The first-order valence-electron chi connectivity index (χ1n) is 3.52. The van der Waals surface area contributed by atoms with E-state index in [0.717, 1.165) is 0 Å². The van der Waals surface area contributed by atoms with Crippen LogP contribution in [0, 0.1) is 0 Å². The standard InChI is InChI=1S/C6H6O5S/c7-5-3-1-2-4(6(8)11-5)12(3,9)10/h3-4H,1-2H2. The molecule has 66 valence electrons. The molecule has 2 saturated heterocycles. The summed E-state index contributed by atoms with van der Waals surface area (Å²) in [6.07, 6.45) is 0.440. The highest BCUT2D eigenvalue weighted by molar-refractivity contribution is 7.94. The van der Waals surface area contributed by atoms with Crippen molar-refractivity contribution in [1.29, 1.82) is 0 Å². The van der Waals surface area contributed by atoms with Gasteiger partial charge in [-0.3, -0.25) is 9.59 Å². The highest BCUT2D eigenvalue weighted by Crippen LogP contribution is 2.32. The zero-order valence-corrected chi connectivity index (χ0v) is 6.83. The minimum atomic E-state index is -3.55. The largest absolute Gasteiger partial charge is 0.391 e. The van der Waals surface area contributed by atoms with Crippen molar-refractivity contribution in [2.75, 3.05) is 0 Å². The Morgan fingerprint density at radius 1 is 1.08 bits per heavy atom. The summed E-state index contributed by atoms with van der Waals surface area (Å²) < 4.78 is 26.8. The fourth-order valence-corrected chi connectivity index (χ4v) is 3.52. The van der Waals surface area contributed by atoms with Gasteiger partial charge < -0.3 is 4.74 Å². The van der Waals surface area contributed by atoms with Crippen LogP contribution in [0.25, 0.3) is 0 Å². The van der Waals surface area contributed by atoms with E-state index in [2.05, 4.69) is 4.74 Å². The summed E-state index contributed by atoms with van der Waals surface area (Å²) in [6, 6.07) is 0. The normalized spacial score (nSPS) is 38.0. The second-order valence-electron chi connectivity index (χ2n) is 2.88. The summed E-state index contributed by atoms with van der Waals surface area (Å²) >= 11 is 0. The smallest absolute Gasteiger partial charge is 0.332 e. The highest BCUT2D eigenvalue weighted by Gasteiger charge is 2.55. The molecule has 0 spiro atoms. The van der Waals surface area contributed by atoms with Crippen molar-refractivity contribution in [3.63, 3.8) is 0 Å². The molecule has 0 aliphatic carbocycles. The van der Waals surface area contributed by atoms with Crippen molar-refractivity contribution in [2.24, 2.45) is 0 Å². The molecule has 0 amide bonds. The Morgan fingerprint density at radius 2 is 1.50 bits per heavy atom. The summed E-state index contributed by atoms with van der Waals surface area (Å²) in [7, 11) is -3.55. The van der Waals surface area contributed by atoms with Crippen molar-refractivity contribution in [1.82, 2.24) is 0 Å². The predicted molar refractivity (Wildman–Crippen MR) is 36.8 cm³/mol. The molecule has 2 rings (SSSR count). The average Bonchev–Trinajstić information content (AvgIpc) is 2.13. The van der Waals surface area contributed by atoms with E-state index >= 15 is 0 Å². The quantitative estimate of drug-likeness (QED) is 0.362. The molecule has 2 unspecified atom stereocenters. The Morgan fingerprint density at radius 3 is 1.92 bits per heavy atom. The van der Waals surface area contributed by atoms with Gasteiger partial charge in [0.1, 0.15) is 0 Å². The Bertz CT molecular complexity index is 326. The Balaban J connectivity index is 2.55. The number of fused-ring (bicyclic) bond motifs is 2. The summed E-state index contributed by atoms with van der Waals surface area (Å²) in [4.78, 5) is 21.7. The maximum absolute atomic E-state index is 11.3. The minimum Gasteiger partial charge on any atom is -0.391 e. The Kier molecular flexibility index (Phi) is 1.33. The molecule has 12 heavy (non-hydrogen) atoms. The van der Waals surface area contributed by atoms with Crippen LogP contribution in [0.5, 0.6) is 0 Å². The van der Waals surface area contributed by atoms with Gasteiger partial charge in [0.2, 0.25) is 0 Å². The lowest BCUT2D eigenvalue weighted by Crippen LogP contribution is -2.43. The predicted octanol–water partition coefficient (Wildman–Crippen LogP) is -0.984. The van der Waals surface area contributed by atoms with Gasteiger partial charge in [-0.2, -0.15) is 0 Å². The van der Waals surface area contributed by atoms with E-state index in [4.69, 9.17) is 0 Å². The lowest BCUT2D eigenvalue weighted by Gasteiger charge is -2.16. The molecule has 5 nitrogen and oxygen atoms in total. The van der Waals surface area contributed by atoms with Crippen molar-refractivity contribution in [3.8, 4) is 0 Å². The maximum Gasteiger partial charge on any atom is 0.332 e. The van der Waals surface area contributed by atoms with E-state index in [0.29, 0.717) is 0 Å². The molecule has 2 aliphatic rings. The molecular weight excluding hydrogens is 184 g/mol. The number of cyclic esters (lactones) is 2. The zero-order chi connectivity index (χ0) is 8.93. The van der Waals surface area contributed by atoms with Crippen LogP contribution in [-0.4, -0.2) is 30.9 Å². The SMILES string of the molecule is O=C1OC(=O)C2CCC1S2(=O)=O. The van der Waals surface area contributed by atoms with Crippen LogP contribution in [0.3, 0.4) is 0 Å². The van der Waals surface area contributed by atoms with Gasteiger partial charge in [-0.25, -0.2) is 8.42 Å². The fourth-order valence-electron chi connectivity index (χ4n) is 1.56. The molecule has 2 aliphatic heterocycles. The second kappa shape index (κ2) is 2.07. The van der Waals surface area contributed by atoms with E-state index in [1.807, 2.05) is 0 Å². The number of ether oxygens (including phenoxy) is 1. The molecule has 0 N–H and O–H groups in total. The van der Waals surface area contributed by atoms with Gasteiger partial charge in [-0.15, -0.1) is 0 Å². The first-order valence-corrected chi connectivity index (χ1v) is 5.12. The van der Waals surface area contributed by atoms with Crippen molar-refractivity contribution >= 4 is 21.8 Å². The molecule has 6 heteroatoms. The minimum absolute atomic E-state index is 0.220. The number of hydrogen-bond acceptors (Lipinski definition) is 5. The zero-order valence-electron chi connectivity index (χ0n) is 6.02. The van der Waals surface area contributed by atoms with Crippen LogP contribution in [0.2, 0.25) is 0 Å². The summed E-state index contributed by atoms with van der Waals surface area (Å²) in [5.74, 6) is -1.82. The first kappa shape index (κ1) is 7.72. The lowest BCUT2D eigenvalue weighted by molar-refractivity contribution is -0.158. The van der Waals surface area contributed by atoms with E-state index in [1.165, 1.54) is 0 Å². The van der Waals surface area contributed by atoms with Gasteiger partial charge in [0.05, 0.1) is 0 Å². The van der Waals surface area contributed by atoms with E-state index in [1.54, 1.807) is 0 Å². The number of rotatable bonds is 0. The molecule has 0 aromatic carbocycles. The summed E-state index contributed by atoms with van der Waals surface area (Å²) in [6.45, 7) is 0. The maximum atomic E-state index is 11.3. The van der Waals surface area contributed by atoms with Crippen LogP contribution in [0.4, 0.5) is 0 Å². The third kappa shape index (κ3) is 0.754. The van der Waals surface area contributed by atoms with Gasteiger partial charge >= 0.3 is 11.9 Å². The number of hydrogen-bond donors (Lipinski definition) is 0. The third-order valence-electron chi connectivity index (χ3n) is 2.21. The van der Waals surface area contributed by atoms with E-state index < -0.39 is 32.3 Å². The van der Waals surface area contributed by atoms with Crippen LogP contribution in [0.15, 0.2) is 0 Å². The molecule has 2 atom stereocenters. The molecule has 0 aromatic rings. The third-order valence-corrected chi connectivity index (χ3v) is 4.65. The number of carbonyl (C=O) groups excluding carboxylic acids is 2. The molecule has 0 radical (unpaired) electrons. The number of carbonyl (C=O) groups is 2. The second-order valence-corrected chi connectivity index (χ2v) is 5.20. The molecule has 2 bridgehead atoms. The Labute approximate surface area is 68.6 Å². The fraction of sp³-hybridized carbons (Fsp3) is 0.667. The number of sulfone groups is 1. The molecule has 2 heterocycles. The van der Waals surface area contributed by atoms with E-state index in [9.17, 15) is 18.0 Å². The molecular formula is C6H6O5S. The van der Waals surface area contributed by atoms with Gasteiger partial charge in [0, 0.05) is 0 Å². The van der Waals surface area contributed by atoms with Gasteiger partial charge in [-0.1, -0.05) is 0 Å². The Hall–Kier alpha value is -0.910. The average molecular weight is 190 g/mol. The summed E-state index contributed by atoms with van der Waals surface area (Å²) in [5, 5.41) is -2.17. The van der Waals surface area contributed by atoms with Crippen LogP contribution < -0.4 is 0 Å². The van der Waals surface area contributed by atoms with Gasteiger partial charge in [0.15, 0.2) is 20.3 Å². The van der Waals surface area contributed by atoms with Crippen LogP contribution in [-0.2, 0) is 24.2 Å². The molecule has 0 saturated carbocycles. The summed E-state index contributed by atoms with van der Waals surface area (Å²) in [5.41, 5.74) is 0. The van der Waals surface area contributed by atoms with Gasteiger partial charge in [-0.05, 0) is 12.8 Å². The van der Waals surface area contributed by atoms with Crippen LogP contribution >= 0.6 is 0 Å². The number of esters is 2. The molecule has 2 fully saturated rings. The first-order chi connectivity index (χ1) is 5.53. The van der Waals surface area contributed by atoms with E-state index in [-0.39, 0.29) is 12.8 Å². The monoisotopic (exact) mass is 190 g/mol. The van der Waals surface area contributed by atoms with Crippen molar-refractivity contribution < 1.29 is 22.7 Å². The lowest BCUT2D eigenvalue weighted by atomic mass is 10.2. The topological polar surface area (TPSA) is 77.5 Å². The van der Waals surface area contributed by atoms with Gasteiger partial charge in [0.25, 0.3) is 0 Å². The van der Waals surface area contributed by atoms with Crippen LogP contribution in [0.1, 0.15) is 12.8 Å². The van der Waals surface area contributed by atoms with Crippen molar-refractivity contribution in [2.45, 2.75) is 23.3 Å².